The number of carbonyl (C=O) groups is 3. The number of carboxylic acids is 2. The normalized spacial score (nSPS) is 11.6. The van der Waals surface area contributed by atoms with Crippen molar-refractivity contribution < 1.29 is 24.6 Å². The number of hydrogen-bond donors (Lipinski definition) is 4. The van der Waals surface area contributed by atoms with E-state index in [-0.39, 0.29) is 29.9 Å². The monoisotopic (exact) mass is 382 g/mol. The van der Waals surface area contributed by atoms with Gasteiger partial charge >= 0.3 is 11.9 Å². The molecular weight excluding hydrogens is 368 g/mol. The van der Waals surface area contributed by atoms with Gasteiger partial charge in [0.05, 0.1) is 12.8 Å². The van der Waals surface area contributed by atoms with Crippen LogP contribution in [0.15, 0.2) is 24.8 Å². The number of nitrogens with zero attached hydrogens (tertiary/aromatic N) is 4. The van der Waals surface area contributed by atoms with Crippen LogP contribution in [0.5, 0.6) is 0 Å². The van der Waals surface area contributed by atoms with Gasteiger partial charge in [0.2, 0.25) is 11.9 Å². The molecule has 0 bridgehead atoms. The van der Waals surface area contributed by atoms with E-state index in [2.05, 4.69) is 25.6 Å². The van der Waals surface area contributed by atoms with Gasteiger partial charge in [-0.3, -0.25) is 19.0 Å². The zero-order valence-corrected chi connectivity index (χ0v) is 14.0. The van der Waals surface area contributed by atoms with Gasteiger partial charge < -0.3 is 20.8 Å². The standard InChI is InChI=1S/C14H15ClN6O5/c15-9-6-10(20-14(19-9)21-4-3-16-7-21)18-8(5-12(24)25)13(26)17-2-1-11(22)23/h3-4,6-8H,1-2,5H2,(H,17,26)(H,22,23)(H,24,25)(H,18,19,20). The highest BCUT2D eigenvalue weighted by Gasteiger charge is 2.22. The van der Waals surface area contributed by atoms with Crippen molar-refractivity contribution in [1.29, 1.82) is 0 Å². The van der Waals surface area contributed by atoms with Crippen LogP contribution in [0, 0.1) is 0 Å². The first-order chi connectivity index (χ1) is 12.3. The Morgan fingerprint density at radius 1 is 1.23 bits per heavy atom. The van der Waals surface area contributed by atoms with Crippen LogP contribution in [-0.4, -0.2) is 60.2 Å². The summed E-state index contributed by atoms with van der Waals surface area (Å²) in [7, 11) is 0. The quantitative estimate of drug-likeness (QED) is 0.443. The Bertz CT molecular complexity index is 797. The van der Waals surface area contributed by atoms with Crippen molar-refractivity contribution in [3.63, 3.8) is 0 Å². The molecule has 0 saturated heterocycles. The number of carbonyl (C=O) groups excluding carboxylic acids is 1. The lowest BCUT2D eigenvalue weighted by atomic mass is 10.2. The van der Waals surface area contributed by atoms with Crippen LogP contribution in [0.1, 0.15) is 12.8 Å². The zero-order valence-electron chi connectivity index (χ0n) is 13.3. The van der Waals surface area contributed by atoms with Crippen molar-refractivity contribution in [2.24, 2.45) is 0 Å². The van der Waals surface area contributed by atoms with Crippen LogP contribution in [0.3, 0.4) is 0 Å². The number of carboxylic acid groups (broad SMARTS) is 2. The summed E-state index contributed by atoms with van der Waals surface area (Å²) in [5.74, 6) is -2.66. The van der Waals surface area contributed by atoms with Gasteiger partial charge in [-0.2, -0.15) is 4.98 Å². The largest absolute Gasteiger partial charge is 0.481 e. The van der Waals surface area contributed by atoms with Crippen LogP contribution in [0.4, 0.5) is 5.82 Å². The molecule has 4 N–H and O–H groups in total. The van der Waals surface area contributed by atoms with E-state index >= 15 is 0 Å². The Labute approximate surface area is 152 Å². The third-order valence-corrected chi connectivity index (χ3v) is 3.27. The lowest BCUT2D eigenvalue weighted by Crippen LogP contribution is -2.42. The number of rotatable bonds is 9. The highest BCUT2D eigenvalue weighted by atomic mass is 35.5. The lowest BCUT2D eigenvalue weighted by molar-refractivity contribution is -0.140. The molecule has 0 fully saturated rings. The Hall–Kier alpha value is -3.21. The molecule has 1 atom stereocenters. The Morgan fingerprint density at radius 2 is 2.00 bits per heavy atom. The summed E-state index contributed by atoms with van der Waals surface area (Å²) in [6.07, 6.45) is 3.72. The summed E-state index contributed by atoms with van der Waals surface area (Å²) in [4.78, 5) is 45.7. The second-order valence-corrected chi connectivity index (χ2v) is 5.46. The van der Waals surface area contributed by atoms with E-state index < -0.39 is 30.3 Å². The fourth-order valence-corrected chi connectivity index (χ4v) is 2.13. The smallest absolute Gasteiger partial charge is 0.305 e. The van der Waals surface area contributed by atoms with Crippen LogP contribution in [-0.2, 0) is 14.4 Å². The minimum atomic E-state index is -1.22. The van der Waals surface area contributed by atoms with Crippen molar-refractivity contribution in [1.82, 2.24) is 24.8 Å². The summed E-state index contributed by atoms with van der Waals surface area (Å²) in [6.45, 7) is -0.128. The van der Waals surface area contributed by atoms with Gasteiger partial charge in [-0.15, -0.1) is 0 Å². The van der Waals surface area contributed by atoms with Gasteiger partial charge in [-0.25, -0.2) is 9.97 Å². The molecule has 1 amide bonds. The fourth-order valence-electron chi connectivity index (χ4n) is 1.95. The lowest BCUT2D eigenvalue weighted by Gasteiger charge is -2.17. The van der Waals surface area contributed by atoms with Crippen LogP contribution in [0.25, 0.3) is 5.95 Å². The Morgan fingerprint density at radius 3 is 2.62 bits per heavy atom. The molecule has 2 aromatic rings. The van der Waals surface area contributed by atoms with Crippen molar-refractivity contribution in [3.05, 3.63) is 29.9 Å². The molecule has 0 aliphatic heterocycles. The SMILES string of the molecule is O=C(O)CCNC(=O)C(CC(=O)O)Nc1cc(Cl)nc(-n2ccnc2)n1. The number of amides is 1. The number of nitrogens with one attached hydrogen (secondary N) is 2. The van der Waals surface area contributed by atoms with Gasteiger partial charge in [0.1, 0.15) is 23.3 Å². The van der Waals surface area contributed by atoms with Gasteiger partial charge in [0.15, 0.2) is 0 Å². The van der Waals surface area contributed by atoms with Crippen molar-refractivity contribution in [3.8, 4) is 5.95 Å². The molecule has 0 aliphatic rings. The average Bonchev–Trinajstić information content (AvgIpc) is 3.07. The molecule has 2 aromatic heterocycles. The Balaban J connectivity index is 2.15. The second kappa shape index (κ2) is 8.76. The molecule has 0 spiro atoms. The third-order valence-electron chi connectivity index (χ3n) is 3.07. The summed E-state index contributed by atoms with van der Waals surface area (Å²) in [5, 5.41) is 22.7. The molecule has 12 heteroatoms. The van der Waals surface area contributed by atoms with E-state index in [1.54, 1.807) is 6.20 Å². The fraction of sp³-hybridized carbons (Fsp3) is 0.286. The van der Waals surface area contributed by atoms with E-state index in [1.807, 2.05) is 0 Å². The molecule has 2 heterocycles. The number of imidazole rings is 1. The number of aliphatic carboxylic acids is 2. The molecule has 138 valence electrons. The van der Waals surface area contributed by atoms with E-state index in [4.69, 9.17) is 21.8 Å². The first-order valence-electron chi connectivity index (χ1n) is 7.36. The molecule has 0 saturated carbocycles. The van der Waals surface area contributed by atoms with Gasteiger partial charge in [-0.1, -0.05) is 11.6 Å². The first kappa shape index (κ1) is 19.1. The molecule has 0 radical (unpaired) electrons. The van der Waals surface area contributed by atoms with E-state index in [0.717, 1.165) is 0 Å². The number of halogens is 1. The minimum Gasteiger partial charge on any atom is -0.481 e. The summed E-state index contributed by atoms with van der Waals surface area (Å²) in [5.41, 5.74) is 0. The molecular formula is C14H15ClN6O5. The second-order valence-electron chi connectivity index (χ2n) is 5.08. The Kier molecular flexibility index (Phi) is 6.44. The van der Waals surface area contributed by atoms with Crippen LogP contribution in [0.2, 0.25) is 5.15 Å². The highest BCUT2D eigenvalue weighted by molar-refractivity contribution is 6.29. The molecule has 26 heavy (non-hydrogen) atoms. The van der Waals surface area contributed by atoms with E-state index in [1.165, 1.54) is 23.2 Å². The predicted octanol–water partition coefficient (Wildman–Crippen LogP) is 0.162. The molecule has 1 unspecified atom stereocenters. The zero-order chi connectivity index (χ0) is 19.1. The first-order valence-corrected chi connectivity index (χ1v) is 7.73. The molecule has 11 nitrogen and oxygen atoms in total. The maximum absolute atomic E-state index is 12.1. The number of hydrogen-bond acceptors (Lipinski definition) is 7. The predicted molar refractivity (Wildman–Crippen MR) is 89.1 cm³/mol. The molecule has 0 aromatic carbocycles. The van der Waals surface area contributed by atoms with Crippen LogP contribution < -0.4 is 10.6 Å². The van der Waals surface area contributed by atoms with Gasteiger partial charge in [-0.05, 0) is 0 Å². The van der Waals surface area contributed by atoms with E-state index in [9.17, 15) is 14.4 Å². The van der Waals surface area contributed by atoms with Crippen molar-refractivity contribution in [2.75, 3.05) is 11.9 Å². The topological polar surface area (TPSA) is 159 Å². The summed E-state index contributed by atoms with van der Waals surface area (Å²) < 4.78 is 1.48. The van der Waals surface area contributed by atoms with Gasteiger partial charge in [0.25, 0.3) is 0 Å². The summed E-state index contributed by atoms with van der Waals surface area (Å²) in [6, 6.07) is 0.157. The minimum absolute atomic E-state index is 0.0755. The number of anilines is 1. The van der Waals surface area contributed by atoms with Crippen molar-refractivity contribution in [2.45, 2.75) is 18.9 Å². The van der Waals surface area contributed by atoms with E-state index in [0.29, 0.717) is 0 Å². The van der Waals surface area contributed by atoms with Crippen LogP contribution >= 0.6 is 11.6 Å². The molecule has 2 rings (SSSR count). The third kappa shape index (κ3) is 5.70. The van der Waals surface area contributed by atoms with Crippen molar-refractivity contribution >= 4 is 35.3 Å². The number of aromatic nitrogens is 4. The summed E-state index contributed by atoms with van der Waals surface area (Å²) >= 11 is 5.95. The van der Waals surface area contributed by atoms with Gasteiger partial charge in [0, 0.05) is 25.0 Å². The molecule has 0 aliphatic carbocycles. The maximum Gasteiger partial charge on any atom is 0.305 e. The maximum atomic E-state index is 12.1. The highest BCUT2D eigenvalue weighted by Crippen LogP contribution is 2.15. The average molecular weight is 383 g/mol.